The van der Waals surface area contributed by atoms with E-state index in [9.17, 15) is 40.9 Å². The van der Waals surface area contributed by atoms with Gasteiger partial charge in [0.15, 0.2) is 0 Å². The molecule has 0 bridgehead atoms. The maximum atomic E-state index is 11.9. The molecule has 0 amide bonds. The Balaban J connectivity index is 0.000000525. The summed E-state index contributed by atoms with van der Waals surface area (Å²) in [6.07, 6.45) is 6.51. The zero-order chi connectivity index (χ0) is 54.0. The molecule has 0 heterocycles. The van der Waals surface area contributed by atoms with Crippen LogP contribution in [0.25, 0.3) is 43.1 Å². The van der Waals surface area contributed by atoms with Crippen molar-refractivity contribution in [2.75, 3.05) is 105 Å². The number of aliphatic imine (C=N–C) groups is 4. The molecule has 8 aromatic rings. The minimum absolute atomic E-state index is 0. The van der Waals surface area contributed by atoms with Crippen molar-refractivity contribution >= 4 is 67.9 Å². The van der Waals surface area contributed by atoms with Crippen LogP contribution in [-0.2, 0) is 77.9 Å². The van der Waals surface area contributed by atoms with E-state index in [1.54, 1.807) is 49.1 Å². The first-order chi connectivity index (χ1) is 37.3. The fourth-order valence-corrected chi connectivity index (χ4v) is 7.62. The number of nitrogens with zero attached hydrogens (tertiary/aromatic N) is 4. The molecule has 0 saturated heterocycles. The molecule has 4 N–H and O–H groups in total. The van der Waals surface area contributed by atoms with E-state index in [1.165, 1.54) is 0 Å². The van der Waals surface area contributed by atoms with Crippen molar-refractivity contribution in [2.24, 2.45) is 20.0 Å². The summed E-state index contributed by atoms with van der Waals surface area (Å²) in [6, 6.07) is 44.6. The molecule has 0 spiro atoms. The Morgan fingerprint density at radius 3 is 0.675 bits per heavy atom. The molecule has 0 aliphatic heterocycles. The molecule has 400 valence electrons. The van der Waals surface area contributed by atoms with Crippen LogP contribution in [0.15, 0.2) is 166 Å². The van der Waals surface area contributed by atoms with Gasteiger partial charge < -0.3 is 62.1 Å². The number of benzene rings is 8. The molecular weight excluding hydrogens is 1220 g/mol. The average Bonchev–Trinajstić information content (AvgIpc) is 3.45. The molecule has 20 heteroatoms. The van der Waals surface area contributed by atoms with Crippen molar-refractivity contribution in [3.8, 4) is 23.0 Å². The van der Waals surface area contributed by atoms with Gasteiger partial charge in [-0.3, -0.25) is 20.0 Å². The van der Waals surface area contributed by atoms with Crippen LogP contribution >= 0.6 is 0 Å². The summed E-state index contributed by atoms with van der Waals surface area (Å²) < 4.78 is 0. The molecule has 0 radical (unpaired) electrons. The Bertz CT molecular complexity index is 2700. The molecule has 0 aliphatic rings. The molecule has 16 nitrogen and oxygen atoms in total. The number of nitrogens with one attached hydrogen (secondary N) is 4. The zero-order valence-electron chi connectivity index (χ0n) is 45.4. The third kappa shape index (κ3) is 24.9. The Labute approximate surface area is 519 Å². The Morgan fingerprint density at radius 1 is 0.275 bits per heavy atom. The first-order valence-electron chi connectivity index (χ1n) is 25.2. The normalized spacial score (nSPS) is 10.8. The first-order valence-corrected chi connectivity index (χ1v) is 25.2. The van der Waals surface area contributed by atoms with E-state index in [2.05, 4.69) is 41.2 Å². The molecule has 8 aromatic carbocycles. The average molecular weight is 1290 g/mol. The van der Waals surface area contributed by atoms with Gasteiger partial charge in [0, 0.05) is 51.0 Å². The predicted octanol–water partition coefficient (Wildman–Crippen LogP) is 1.12. The van der Waals surface area contributed by atoms with E-state index in [-0.39, 0.29) is 127 Å². The van der Waals surface area contributed by atoms with Gasteiger partial charge in [-0.15, -0.1) is 26.4 Å². The van der Waals surface area contributed by atoms with E-state index in [4.69, 9.17) is 0 Å². The van der Waals surface area contributed by atoms with Crippen molar-refractivity contribution in [1.82, 2.24) is 21.3 Å². The summed E-state index contributed by atoms with van der Waals surface area (Å²) in [5, 5.41) is 108. The van der Waals surface area contributed by atoms with Crippen LogP contribution in [0.4, 0.5) is 0 Å². The summed E-state index contributed by atoms with van der Waals surface area (Å²) in [4.78, 5) is 16.9. The summed E-state index contributed by atoms with van der Waals surface area (Å²) in [6.45, 7) is 6.15. The van der Waals surface area contributed by atoms with Gasteiger partial charge in [0.1, 0.15) is 0 Å². The van der Waals surface area contributed by atoms with Crippen LogP contribution < -0.4 is 62.1 Å². The quantitative estimate of drug-likeness (QED) is 0.0377. The van der Waals surface area contributed by atoms with Gasteiger partial charge in [0.2, 0.25) is 0 Å². The maximum Gasteiger partial charge on any atom is 2.00 e. The monoisotopic (exact) mass is 1280 g/mol. The largest absolute Gasteiger partial charge is 2.00 e. The van der Waals surface area contributed by atoms with Crippen molar-refractivity contribution in [1.29, 1.82) is 0 Å². The van der Waals surface area contributed by atoms with E-state index in [1.807, 2.05) is 121 Å². The van der Waals surface area contributed by atoms with Crippen LogP contribution in [0.2, 0.25) is 0 Å². The van der Waals surface area contributed by atoms with Crippen molar-refractivity contribution in [2.45, 2.75) is 0 Å². The minimum Gasteiger partial charge on any atom is -0.872 e. The van der Waals surface area contributed by atoms with Gasteiger partial charge in [-0.1, -0.05) is 169 Å². The summed E-state index contributed by atoms with van der Waals surface area (Å²) in [5.74, 6) is -0.0742. The number of fused-ring (bicyclic) bond motifs is 4. The van der Waals surface area contributed by atoms with E-state index in [0.717, 1.165) is 43.1 Å². The van der Waals surface area contributed by atoms with Gasteiger partial charge in [-0.2, -0.15) is 0 Å². The standard InChI is InChI=1S/4C15H17N2O2.4Zn/c4*18-10-9-16-7-8-17-11-14-13-4-2-1-3-12(13)5-6-15(14)19;;;;/h4*1-6,11,16,19H,7-10H2;;;;/q4*-1;4*+2/p-4. The van der Waals surface area contributed by atoms with Crippen LogP contribution in [-0.4, -0.2) is 130 Å². The maximum absolute atomic E-state index is 11.9. The minimum atomic E-state index is -0.127. The van der Waals surface area contributed by atoms with Crippen LogP contribution in [0, 0.1) is 0 Å². The molecule has 0 atom stereocenters. The van der Waals surface area contributed by atoms with Crippen molar-refractivity contribution in [3.63, 3.8) is 0 Å². The van der Waals surface area contributed by atoms with Crippen molar-refractivity contribution < 1.29 is 119 Å². The zero-order valence-corrected chi connectivity index (χ0v) is 57.2. The summed E-state index contributed by atoms with van der Waals surface area (Å²) in [7, 11) is 0. The molecule has 8 rings (SSSR count). The van der Waals surface area contributed by atoms with E-state index in [0.29, 0.717) is 101 Å². The van der Waals surface area contributed by atoms with Crippen LogP contribution in [0.3, 0.4) is 0 Å². The fourth-order valence-electron chi connectivity index (χ4n) is 7.62. The molecule has 80 heavy (non-hydrogen) atoms. The number of hydrogen-bond acceptors (Lipinski definition) is 16. The smallest absolute Gasteiger partial charge is 0.872 e. The Hall–Kier alpha value is -5.15. The molecule has 0 fully saturated rings. The van der Waals surface area contributed by atoms with Gasteiger partial charge >= 0.3 is 77.9 Å². The van der Waals surface area contributed by atoms with E-state index < -0.39 is 0 Å². The third-order valence-electron chi connectivity index (χ3n) is 11.4. The SMILES string of the molecule is [O-]CCNCCN=Cc1c([O-])ccc2ccccc12.[O-]CCNCCN=Cc1c([O-])ccc2ccccc12.[O-]CCNCCN=Cc1c([O-])ccc2ccccc12.[O-]CCNCCN=Cc1c([O-])ccc2ccccc12.[Zn+2].[Zn+2].[Zn+2].[Zn+2]. The van der Waals surface area contributed by atoms with E-state index >= 15 is 0 Å². The van der Waals surface area contributed by atoms with Crippen molar-refractivity contribution in [3.05, 3.63) is 168 Å². The Kier molecular flexibility index (Phi) is 39.7. The predicted molar refractivity (Wildman–Crippen MR) is 294 cm³/mol. The molecule has 0 saturated carbocycles. The third-order valence-corrected chi connectivity index (χ3v) is 11.4. The second-order valence-electron chi connectivity index (χ2n) is 16.8. The molecule has 0 aliphatic carbocycles. The van der Waals surface area contributed by atoms with Gasteiger partial charge in [-0.05, 0) is 91.5 Å². The number of rotatable bonds is 24. The van der Waals surface area contributed by atoms with Gasteiger partial charge in [-0.25, -0.2) is 0 Å². The first kappa shape index (κ1) is 72.9. The van der Waals surface area contributed by atoms with Crippen LogP contribution in [0.5, 0.6) is 23.0 Å². The van der Waals surface area contributed by atoms with Gasteiger partial charge in [0.25, 0.3) is 0 Å². The molecular formula is C60H64N8O8Zn4. The topological polar surface area (TPSA) is 282 Å². The Morgan fingerprint density at radius 2 is 0.475 bits per heavy atom. The summed E-state index contributed by atoms with van der Waals surface area (Å²) >= 11 is 0. The molecule has 0 aromatic heterocycles. The second-order valence-corrected chi connectivity index (χ2v) is 16.8. The number of hydrogen-bond donors (Lipinski definition) is 4. The summed E-state index contributed by atoms with van der Waals surface area (Å²) in [5.41, 5.74) is 2.51. The van der Waals surface area contributed by atoms with Crippen LogP contribution in [0.1, 0.15) is 22.3 Å². The van der Waals surface area contributed by atoms with Gasteiger partial charge in [0.05, 0.1) is 26.2 Å². The second kappa shape index (κ2) is 43.6. The fraction of sp³-hybridized carbons (Fsp3) is 0.267. The molecule has 0 unspecified atom stereocenters.